The second-order valence-corrected chi connectivity index (χ2v) is 7.29. The maximum absolute atomic E-state index is 10.9. The molecule has 0 radical (unpaired) electrons. The van der Waals surface area contributed by atoms with E-state index in [9.17, 15) is 8.42 Å². The van der Waals surface area contributed by atoms with E-state index in [-0.39, 0.29) is 64.7 Å². The first-order valence-corrected chi connectivity index (χ1v) is 10.2. The van der Waals surface area contributed by atoms with Crippen LogP contribution in [-0.4, -0.2) is 31.4 Å². The molecular weight excluding hydrogens is 327 g/mol. The summed E-state index contributed by atoms with van der Waals surface area (Å²) >= 11 is 0. The SMILES string of the molecule is CCCCCCCCCCCCC(CS(=O)(=O)O)OCC.[H-].[K+]. The van der Waals surface area contributed by atoms with Crippen LogP contribution in [0, 0.1) is 0 Å². The van der Waals surface area contributed by atoms with Crippen LogP contribution < -0.4 is 51.4 Å². The van der Waals surface area contributed by atoms with E-state index in [1.807, 2.05) is 6.92 Å². The Hall–Kier alpha value is 1.51. The van der Waals surface area contributed by atoms with Crippen LogP contribution in [0.25, 0.3) is 0 Å². The topological polar surface area (TPSA) is 63.6 Å². The molecule has 0 aliphatic heterocycles. The van der Waals surface area contributed by atoms with E-state index in [1.54, 1.807) is 0 Å². The van der Waals surface area contributed by atoms with E-state index >= 15 is 0 Å². The molecule has 0 saturated carbocycles. The molecule has 0 aliphatic carbocycles. The van der Waals surface area contributed by atoms with Gasteiger partial charge in [0, 0.05) is 6.61 Å². The molecule has 0 fully saturated rings. The maximum atomic E-state index is 10.9. The van der Waals surface area contributed by atoms with Crippen LogP contribution in [0.4, 0.5) is 0 Å². The summed E-state index contributed by atoms with van der Waals surface area (Å²) in [6.45, 7) is 4.56. The van der Waals surface area contributed by atoms with Gasteiger partial charge in [-0.2, -0.15) is 8.42 Å². The molecule has 22 heavy (non-hydrogen) atoms. The number of ether oxygens (including phenoxy) is 1. The van der Waals surface area contributed by atoms with Crippen molar-refractivity contribution >= 4 is 10.1 Å². The van der Waals surface area contributed by atoms with Crippen molar-refractivity contribution in [2.24, 2.45) is 0 Å². The van der Waals surface area contributed by atoms with E-state index in [4.69, 9.17) is 9.29 Å². The van der Waals surface area contributed by atoms with E-state index < -0.39 is 10.1 Å². The van der Waals surface area contributed by atoms with Crippen LogP contribution >= 0.6 is 0 Å². The van der Waals surface area contributed by atoms with Crippen LogP contribution in [0.1, 0.15) is 85.9 Å². The summed E-state index contributed by atoms with van der Waals surface area (Å²) in [6.07, 6.45) is 12.9. The zero-order valence-electron chi connectivity index (χ0n) is 15.8. The number of hydrogen-bond donors (Lipinski definition) is 1. The van der Waals surface area contributed by atoms with Crippen molar-refractivity contribution in [1.29, 1.82) is 0 Å². The molecule has 1 N–H and O–H groups in total. The van der Waals surface area contributed by atoms with Gasteiger partial charge in [0.05, 0.1) is 6.10 Å². The normalized spacial score (nSPS) is 12.9. The smallest absolute Gasteiger partial charge is 1.00 e. The third-order valence-corrected chi connectivity index (χ3v) is 4.47. The molecular formula is C16H35KO4S. The van der Waals surface area contributed by atoms with Crippen LogP contribution in [0.5, 0.6) is 0 Å². The fourth-order valence-corrected chi connectivity index (χ4v) is 3.28. The van der Waals surface area contributed by atoms with E-state index in [0.29, 0.717) is 13.0 Å². The van der Waals surface area contributed by atoms with E-state index in [1.165, 1.54) is 51.4 Å². The van der Waals surface area contributed by atoms with Gasteiger partial charge in [0.25, 0.3) is 10.1 Å². The molecule has 0 spiro atoms. The summed E-state index contributed by atoms with van der Waals surface area (Å²) in [4.78, 5) is 0. The Morgan fingerprint density at radius 1 is 0.909 bits per heavy atom. The Bertz CT molecular complexity index is 326. The van der Waals surface area contributed by atoms with Crippen LogP contribution in [0.2, 0.25) is 0 Å². The van der Waals surface area contributed by atoms with Crippen LogP contribution in [0.15, 0.2) is 0 Å². The number of hydrogen-bond acceptors (Lipinski definition) is 3. The average molecular weight is 363 g/mol. The van der Waals surface area contributed by atoms with Crippen molar-refractivity contribution in [2.75, 3.05) is 12.4 Å². The fourth-order valence-electron chi connectivity index (χ4n) is 2.54. The van der Waals surface area contributed by atoms with Gasteiger partial charge in [0.1, 0.15) is 5.75 Å². The minimum Gasteiger partial charge on any atom is -1.00 e. The first kappa shape index (κ1) is 25.7. The van der Waals surface area contributed by atoms with E-state index in [2.05, 4.69) is 6.92 Å². The van der Waals surface area contributed by atoms with Crippen molar-refractivity contribution in [3.63, 3.8) is 0 Å². The molecule has 130 valence electrons. The summed E-state index contributed by atoms with van der Waals surface area (Å²) in [5.74, 6) is -0.279. The Morgan fingerprint density at radius 3 is 1.77 bits per heavy atom. The van der Waals surface area contributed by atoms with Crippen molar-refractivity contribution in [3.05, 3.63) is 0 Å². The van der Waals surface area contributed by atoms with Crippen molar-refractivity contribution < 1.29 is 70.5 Å². The summed E-state index contributed by atoms with van der Waals surface area (Å²) < 4.78 is 36.0. The van der Waals surface area contributed by atoms with Crippen molar-refractivity contribution in [1.82, 2.24) is 0 Å². The summed E-state index contributed by atoms with van der Waals surface area (Å²) in [7, 11) is -3.93. The van der Waals surface area contributed by atoms with Gasteiger partial charge in [-0.25, -0.2) is 0 Å². The Labute approximate surface area is 181 Å². The predicted molar refractivity (Wildman–Crippen MR) is 89.4 cm³/mol. The van der Waals surface area contributed by atoms with Gasteiger partial charge in [-0.3, -0.25) is 4.55 Å². The number of unbranched alkanes of at least 4 members (excludes halogenated alkanes) is 9. The largest absolute Gasteiger partial charge is 1.00 e. The summed E-state index contributed by atoms with van der Waals surface area (Å²) in [5.41, 5.74) is 0. The van der Waals surface area contributed by atoms with Gasteiger partial charge in [0.2, 0.25) is 0 Å². The molecule has 0 aromatic heterocycles. The zero-order chi connectivity index (χ0) is 16.0. The van der Waals surface area contributed by atoms with Gasteiger partial charge in [-0.1, -0.05) is 71.1 Å². The number of rotatable bonds is 15. The Kier molecular flexibility index (Phi) is 20.3. The molecule has 0 rings (SSSR count). The van der Waals surface area contributed by atoms with Crippen molar-refractivity contribution in [3.8, 4) is 0 Å². The predicted octanol–water partition coefficient (Wildman–Crippen LogP) is 1.71. The molecule has 0 aromatic rings. The van der Waals surface area contributed by atoms with Gasteiger partial charge in [0.15, 0.2) is 0 Å². The molecule has 0 heterocycles. The molecule has 0 bridgehead atoms. The first-order valence-electron chi connectivity index (χ1n) is 8.56. The first-order chi connectivity index (χ1) is 9.99. The van der Waals surface area contributed by atoms with Gasteiger partial charge in [-0.05, 0) is 13.3 Å². The monoisotopic (exact) mass is 362 g/mol. The quantitative estimate of drug-likeness (QED) is 0.274. The molecule has 1 atom stereocenters. The molecule has 0 amide bonds. The van der Waals surface area contributed by atoms with Crippen LogP contribution in [-0.2, 0) is 14.9 Å². The standard InChI is InChI=1S/C16H34O4S.K.H/c1-3-5-6-7-8-9-10-11-12-13-14-16(20-4-2)15-21(17,18)19;;/h16H,3-15H2,1-2H3,(H,17,18,19);;/q;+1;-1. The third-order valence-electron chi connectivity index (χ3n) is 3.68. The van der Waals surface area contributed by atoms with Gasteiger partial charge >= 0.3 is 51.4 Å². The minimum atomic E-state index is -3.93. The minimum absolute atomic E-state index is 0. The Morgan fingerprint density at radius 2 is 1.36 bits per heavy atom. The van der Waals surface area contributed by atoms with E-state index in [0.717, 1.165) is 12.8 Å². The summed E-state index contributed by atoms with van der Waals surface area (Å²) in [6, 6.07) is 0. The molecule has 4 nitrogen and oxygen atoms in total. The summed E-state index contributed by atoms with van der Waals surface area (Å²) in [5, 5.41) is 0. The fraction of sp³-hybridized carbons (Fsp3) is 1.00. The second kappa shape index (κ2) is 17.3. The zero-order valence-corrected chi connectivity index (χ0v) is 18.8. The van der Waals surface area contributed by atoms with Gasteiger partial charge < -0.3 is 6.16 Å². The molecule has 6 heteroatoms. The van der Waals surface area contributed by atoms with Crippen molar-refractivity contribution in [2.45, 2.75) is 90.6 Å². The van der Waals surface area contributed by atoms with Crippen LogP contribution in [0.3, 0.4) is 0 Å². The third kappa shape index (κ3) is 19.6. The van der Waals surface area contributed by atoms with Gasteiger partial charge in [-0.15, -0.1) is 0 Å². The second-order valence-electron chi connectivity index (χ2n) is 5.80. The Balaban J connectivity index is -0.00000200. The molecule has 1 unspecified atom stereocenters. The molecule has 0 aromatic carbocycles. The maximum Gasteiger partial charge on any atom is 1.00 e. The molecule has 0 aliphatic rings. The average Bonchev–Trinajstić information content (AvgIpc) is 2.39. The molecule has 0 saturated heterocycles.